The van der Waals surface area contributed by atoms with Crippen molar-refractivity contribution in [2.75, 3.05) is 0 Å². The standard InChI is InChI=1S/C12H14O4/c1-6-3-8-4-9(7(2)12(14)15)10(13)5-11(8)16-6/h4-7,13H,3H2,1-2H3,(H,14,15). The van der Waals surface area contributed by atoms with Gasteiger partial charge >= 0.3 is 5.97 Å². The van der Waals surface area contributed by atoms with Crippen molar-refractivity contribution in [2.45, 2.75) is 32.3 Å². The van der Waals surface area contributed by atoms with Gasteiger partial charge in [-0.1, -0.05) is 0 Å². The van der Waals surface area contributed by atoms with Crippen LogP contribution in [0.15, 0.2) is 12.1 Å². The molecule has 0 aromatic heterocycles. The Balaban J connectivity index is 2.42. The predicted molar refractivity (Wildman–Crippen MR) is 58.0 cm³/mol. The van der Waals surface area contributed by atoms with Gasteiger partial charge in [-0.3, -0.25) is 4.79 Å². The molecule has 1 aliphatic heterocycles. The Morgan fingerprint density at radius 2 is 2.25 bits per heavy atom. The van der Waals surface area contributed by atoms with Crippen molar-refractivity contribution < 1.29 is 19.7 Å². The fourth-order valence-electron chi connectivity index (χ4n) is 1.95. The lowest BCUT2D eigenvalue weighted by molar-refractivity contribution is -0.138. The number of hydrogen-bond donors (Lipinski definition) is 2. The molecule has 2 N–H and O–H groups in total. The quantitative estimate of drug-likeness (QED) is 0.802. The van der Waals surface area contributed by atoms with Gasteiger partial charge in [0.15, 0.2) is 0 Å². The zero-order valence-electron chi connectivity index (χ0n) is 9.23. The van der Waals surface area contributed by atoms with Gasteiger partial charge in [0.1, 0.15) is 17.6 Å². The number of carbonyl (C=O) groups is 1. The van der Waals surface area contributed by atoms with E-state index in [0.29, 0.717) is 11.3 Å². The highest BCUT2D eigenvalue weighted by Crippen LogP contribution is 2.37. The summed E-state index contributed by atoms with van der Waals surface area (Å²) in [7, 11) is 0. The van der Waals surface area contributed by atoms with Gasteiger partial charge in [-0.25, -0.2) is 0 Å². The summed E-state index contributed by atoms with van der Waals surface area (Å²) < 4.78 is 5.48. The number of carboxylic acid groups (broad SMARTS) is 1. The van der Waals surface area contributed by atoms with Crippen LogP contribution >= 0.6 is 0 Å². The Kier molecular flexibility index (Phi) is 2.50. The van der Waals surface area contributed by atoms with E-state index in [4.69, 9.17) is 9.84 Å². The van der Waals surface area contributed by atoms with Gasteiger partial charge in [0, 0.05) is 18.1 Å². The maximum Gasteiger partial charge on any atom is 0.310 e. The Hall–Kier alpha value is -1.71. The lowest BCUT2D eigenvalue weighted by atomic mass is 9.96. The van der Waals surface area contributed by atoms with Gasteiger partial charge in [0.25, 0.3) is 0 Å². The summed E-state index contributed by atoms with van der Waals surface area (Å²) in [6.45, 7) is 3.50. The van der Waals surface area contributed by atoms with Crippen molar-refractivity contribution in [1.29, 1.82) is 0 Å². The highest BCUT2D eigenvalue weighted by molar-refractivity contribution is 5.77. The maximum absolute atomic E-state index is 10.9. The van der Waals surface area contributed by atoms with Crippen LogP contribution in [0.1, 0.15) is 30.9 Å². The fraction of sp³-hybridized carbons (Fsp3) is 0.417. The smallest absolute Gasteiger partial charge is 0.310 e. The minimum atomic E-state index is -0.942. The van der Waals surface area contributed by atoms with Crippen molar-refractivity contribution in [3.05, 3.63) is 23.3 Å². The van der Waals surface area contributed by atoms with Crippen LogP contribution in [-0.4, -0.2) is 22.3 Å². The summed E-state index contributed by atoms with van der Waals surface area (Å²) in [5, 5.41) is 18.7. The monoisotopic (exact) mass is 222 g/mol. The maximum atomic E-state index is 10.9. The Labute approximate surface area is 93.5 Å². The number of phenols is 1. The molecule has 2 rings (SSSR count). The van der Waals surface area contributed by atoms with Gasteiger partial charge in [0.05, 0.1) is 5.92 Å². The van der Waals surface area contributed by atoms with Gasteiger partial charge in [-0.05, 0) is 25.5 Å². The molecule has 1 aliphatic rings. The van der Waals surface area contributed by atoms with Crippen LogP contribution in [0.4, 0.5) is 0 Å². The molecule has 0 fully saturated rings. The number of aromatic hydroxyl groups is 1. The lowest BCUT2D eigenvalue weighted by Crippen LogP contribution is -2.07. The van der Waals surface area contributed by atoms with E-state index in [1.54, 1.807) is 13.0 Å². The van der Waals surface area contributed by atoms with Crippen LogP contribution in [0, 0.1) is 0 Å². The van der Waals surface area contributed by atoms with E-state index >= 15 is 0 Å². The molecule has 0 amide bonds. The molecule has 4 heteroatoms. The van der Waals surface area contributed by atoms with E-state index < -0.39 is 11.9 Å². The molecule has 4 nitrogen and oxygen atoms in total. The molecule has 0 saturated heterocycles. The highest BCUT2D eigenvalue weighted by atomic mass is 16.5. The Morgan fingerprint density at radius 3 is 2.88 bits per heavy atom. The largest absolute Gasteiger partial charge is 0.508 e. The summed E-state index contributed by atoms with van der Waals surface area (Å²) in [5.74, 6) is -1.00. The molecule has 0 spiro atoms. The number of fused-ring (bicyclic) bond motifs is 1. The van der Waals surface area contributed by atoms with Crippen LogP contribution in [-0.2, 0) is 11.2 Å². The average molecular weight is 222 g/mol. The molecule has 1 heterocycles. The number of benzene rings is 1. The first-order valence-corrected chi connectivity index (χ1v) is 5.24. The third-order valence-corrected chi connectivity index (χ3v) is 2.88. The summed E-state index contributed by atoms with van der Waals surface area (Å²) in [4.78, 5) is 10.9. The van der Waals surface area contributed by atoms with Crippen molar-refractivity contribution in [1.82, 2.24) is 0 Å². The molecule has 16 heavy (non-hydrogen) atoms. The second-order valence-electron chi connectivity index (χ2n) is 4.21. The second kappa shape index (κ2) is 3.70. The first-order chi connectivity index (χ1) is 7.49. The third-order valence-electron chi connectivity index (χ3n) is 2.88. The average Bonchev–Trinajstić information content (AvgIpc) is 2.54. The van der Waals surface area contributed by atoms with Crippen molar-refractivity contribution in [3.63, 3.8) is 0 Å². The molecule has 2 unspecified atom stereocenters. The fourth-order valence-corrected chi connectivity index (χ4v) is 1.95. The van der Waals surface area contributed by atoms with E-state index in [0.717, 1.165) is 12.0 Å². The highest BCUT2D eigenvalue weighted by Gasteiger charge is 2.25. The van der Waals surface area contributed by atoms with Gasteiger partial charge in [-0.15, -0.1) is 0 Å². The van der Waals surface area contributed by atoms with Crippen LogP contribution in [0.25, 0.3) is 0 Å². The second-order valence-corrected chi connectivity index (χ2v) is 4.21. The summed E-state index contributed by atoms with van der Waals surface area (Å²) in [5.41, 5.74) is 1.41. The van der Waals surface area contributed by atoms with Crippen LogP contribution in [0.3, 0.4) is 0 Å². The molecule has 0 radical (unpaired) electrons. The van der Waals surface area contributed by atoms with E-state index in [1.807, 2.05) is 6.92 Å². The summed E-state index contributed by atoms with van der Waals surface area (Å²) >= 11 is 0. The van der Waals surface area contributed by atoms with Crippen LogP contribution in [0.2, 0.25) is 0 Å². The number of hydrogen-bond acceptors (Lipinski definition) is 3. The van der Waals surface area contributed by atoms with Crippen molar-refractivity contribution in [2.24, 2.45) is 0 Å². The minimum Gasteiger partial charge on any atom is -0.508 e. The molecular formula is C12H14O4. The molecule has 0 aliphatic carbocycles. The molecule has 1 aromatic rings. The van der Waals surface area contributed by atoms with Gasteiger partial charge < -0.3 is 14.9 Å². The first-order valence-electron chi connectivity index (χ1n) is 5.24. The summed E-state index contributed by atoms with van der Waals surface area (Å²) in [6.07, 6.45) is 0.847. The zero-order chi connectivity index (χ0) is 11.9. The third kappa shape index (κ3) is 1.71. The number of aliphatic carboxylic acids is 1. The lowest BCUT2D eigenvalue weighted by Gasteiger charge is -2.10. The topological polar surface area (TPSA) is 66.8 Å². The van der Waals surface area contributed by atoms with Crippen LogP contribution < -0.4 is 4.74 Å². The zero-order valence-corrected chi connectivity index (χ0v) is 9.23. The SMILES string of the molecule is CC1Cc2cc(C(C)C(=O)O)c(O)cc2O1. The van der Waals surface area contributed by atoms with Crippen molar-refractivity contribution >= 4 is 5.97 Å². The van der Waals surface area contributed by atoms with E-state index in [1.165, 1.54) is 6.07 Å². The molecule has 1 aromatic carbocycles. The number of phenolic OH excluding ortho intramolecular Hbond substituents is 1. The normalized spacial score (nSPS) is 20.0. The Bertz CT molecular complexity index is 439. The Morgan fingerprint density at radius 1 is 1.56 bits per heavy atom. The van der Waals surface area contributed by atoms with E-state index in [-0.39, 0.29) is 11.9 Å². The number of ether oxygens (including phenoxy) is 1. The molecular weight excluding hydrogens is 208 g/mol. The first kappa shape index (κ1) is 10.8. The molecule has 0 saturated carbocycles. The molecule has 86 valence electrons. The van der Waals surface area contributed by atoms with E-state index in [2.05, 4.69) is 0 Å². The van der Waals surface area contributed by atoms with Gasteiger partial charge in [-0.2, -0.15) is 0 Å². The molecule has 2 atom stereocenters. The minimum absolute atomic E-state index is 0.0113. The number of carboxylic acids is 1. The van der Waals surface area contributed by atoms with Crippen molar-refractivity contribution in [3.8, 4) is 11.5 Å². The summed E-state index contributed by atoms with van der Waals surface area (Å²) in [6, 6.07) is 3.24. The predicted octanol–water partition coefficient (Wildman–Crippen LogP) is 1.90. The molecule has 0 bridgehead atoms. The van der Waals surface area contributed by atoms with Crippen LogP contribution in [0.5, 0.6) is 11.5 Å². The number of rotatable bonds is 2. The van der Waals surface area contributed by atoms with E-state index in [9.17, 15) is 9.90 Å². The van der Waals surface area contributed by atoms with Gasteiger partial charge in [0.2, 0.25) is 0 Å².